The zero-order chi connectivity index (χ0) is 16.6. The largest absolute Gasteiger partial charge is 0.493 e. The van der Waals surface area contributed by atoms with Crippen molar-refractivity contribution in [2.45, 2.75) is 12.5 Å². The maximum Gasteiger partial charge on any atom is 0.164 e. The maximum absolute atomic E-state index is 10.8. The van der Waals surface area contributed by atoms with Gasteiger partial charge in [0.15, 0.2) is 23.0 Å². The van der Waals surface area contributed by atoms with Crippen LogP contribution < -0.4 is 18.9 Å². The topological polar surface area (TPSA) is 57.2 Å². The van der Waals surface area contributed by atoms with E-state index in [1.807, 2.05) is 24.3 Å². The first-order valence-corrected chi connectivity index (χ1v) is 7.31. The summed E-state index contributed by atoms with van der Waals surface area (Å²) in [6.45, 7) is 0. The van der Waals surface area contributed by atoms with Crippen LogP contribution in [0.1, 0.15) is 28.4 Å². The Balaban J connectivity index is 2.22. The number of ether oxygens (including phenoxy) is 4. The number of aliphatic hydroxyl groups is 1. The first kappa shape index (κ1) is 15.5. The highest BCUT2D eigenvalue weighted by molar-refractivity contribution is 5.63. The van der Waals surface area contributed by atoms with Gasteiger partial charge in [0.25, 0.3) is 0 Å². The SMILES string of the molecule is COc1ccc2c(c1OC)Cc1c(ccc(OC)c1OC)C2O. The number of aliphatic hydroxyl groups excluding tert-OH is 1. The fraction of sp³-hybridized carbons (Fsp3) is 0.333. The van der Waals surface area contributed by atoms with E-state index in [2.05, 4.69) is 0 Å². The van der Waals surface area contributed by atoms with Crippen molar-refractivity contribution in [3.8, 4) is 23.0 Å². The molecular weight excluding hydrogens is 296 g/mol. The molecular formula is C18H20O5. The van der Waals surface area contributed by atoms with E-state index in [9.17, 15) is 5.11 Å². The summed E-state index contributed by atoms with van der Waals surface area (Å²) in [7, 11) is 6.40. The van der Waals surface area contributed by atoms with E-state index in [-0.39, 0.29) is 0 Å². The van der Waals surface area contributed by atoms with Crippen molar-refractivity contribution in [1.82, 2.24) is 0 Å². The summed E-state index contributed by atoms with van der Waals surface area (Å²) in [6, 6.07) is 7.38. The van der Waals surface area contributed by atoms with Gasteiger partial charge in [-0.3, -0.25) is 0 Å². The number of rotatable bonds is 4. The summed E-state index contributed by atoms with van der Waals surface area (Å²) in [5.74, 6) is 2.56. The van der Waals surface area contributed by atoms with Gasteiger partial charge < -0.3 is 24.1 Å². The second kappa shape index (κ2) is 6.01. The lowest BCUT2D eigenvalue weighted by atomic mass is 9.82. The molecule has 0 spiro atoms. The average Bonchev–Trinajstić information content (AvgIpc) is 2.59. The van der Waals surface area contributed by atoms with Crippen molar-refractivity contribution in [1.29, 1.82) is 0 Å². The third kappa shape index (κ3) is 2.28. The van der Waals surface area contributed by atoms with Gasteiger partial charge in [-0.15, -0.1) is 0 Å². The number of hydrogen-bond donors (Lipinski definition) is 1. The molecule has 0 amide bonds. The van der Waals surface area contributed by atoms with E-state index in [0.29, 0.717) is 29.4 Å². The van der Waals surface area contributed by atoms with Crippen LogP contribution in [-0.2, 0) is 6.42 Å². The first-order chi connectivity index (χ1) is 11.2. The number of fused-ring (bicyclic) bond motifs is 2. The minimum absolute atomic E-state index is 0.572. The van der Waals surface area contributed by atoms with Gasteiger partial charge in [-0.05, 0) is 23.3 Å². The van der Waals surface area contributed by atoms with Crippen LogP contribution in [0.25, 0.3) is 0 Å². The highest BCUT2D eigenvalue weighted by Gasteiger charge is 2.31. The van der Waals surface area contributed by atoms with Gasteiger partial charge in [0, 0.05) is 17.5 Å². The van der Waals surface area contributed by atoms with Gasteiger partial charge in [0.05, 0.1) is 28.4 Å². The summed E-state index contributed by atoms with van der Waals surface area (Å²) < 4.78 is 21.8. The van der Waals surface area contributed by atoms with Gasteiger partial charge in [-0.1, -0.05) is 12.1 Å². The standard InChI is InChI=1S/C18H20O5/c1-20-14-7-5-10-12(17(14)22-3)9-13-11(16(10)19)6-8-15(21-2)18(13)23-4/h5-8,16,19H,9H2,1-4H3. The lowest BCUT2D eigenvalue weighted by Gasteiger charge is -2.28. The van der Waals surface area contributed by atoms with Crippen LogP contribution in [0.5, 0.6) is 23.0 Å². The Hall–Kier alpha value is -2.40. The van der Waals surface area contributed by atoms with Crippen LogP contribution in [0.4, 0.5) is 0 Å². The molecule has 0 saturated heterocycles. The van der Waals surface area contributed by atoms with E-state index >= 15 is 0 Å². The number of benzene rings is 2. The molecule has 1 aliphatic carbocycles. The van der Waals surface area contributed by atoms with E-state index < -0.39 is 6.10 Å². The lowest BCUT2D eigenvalue weighted by Crippen LogP contribution is -2.16. The van der Waals surface area contributed by atoms with Gasteiger partial charge in [-0.2, -0.15) is 0 Å². The van der Waals surface area contributed by atoms with Crippen LogP contribution in [-0.4, -0.2) is 33.5 Å². The van der Waals surface area contributed by atoms with Gasteiger partial charge in [0.1, 0.15) is 6.10 Å². The second-order valence-corrected chi connectivity index (χ2v) is 5.32. The third-order valence-corrected chi connectivity index (χ3v) is 4.31. The molecule has 122 valence electrons. The normalized spacial score (nSPS) is 13.1. The molecule has 0 fully saturated rings. The molecule has 0 aliphatic heterocycles. The van der Waals surface area contributed by atoms with E-state index in [1.54, 1.807) is 28.4 Å². The zero-order valence-corrected chi connectivity index (χ0v) is 13.7. The van der Waals surface area contributed by atoms with Gasteiger partial charge in [0.2, 0.25) is 0 Å². The average molecular weight is 316 g/mol. The molecule has 2 aromatic rings. The van der Waals surface area contributed by atoms with Crippen molar-refractivity contribution in [2.24, 2.45) is 0 Å². The summed E-state index contributed by atoms with van der Waals surface area (Å²) in [5, 5.41) is 10.8. The van der Waals surface area contributed by atoms with E-state index in [0.717, 1.165) is 22.3 Å². The molecule has 23 heavy (non-hydrogen) atoms. The fourth-order valence-electron chi connectivity index (χ4n) is 3.23. The summed E-state index contributed by atoms with van der Waals surface area (Å²) >= 11 is 0. The first-order valence-electron chi connectivity index (χ1n) is 7.31. The molecule has 1 aliphatic rings. The van der Waals surface area contributed by atoms with Gasteiger partial charge in [-0.25, -0.2) is 0 Å². The molecule has 0 atom stereocenters. The van der Waals surface area contributed by atoms with Crippen molar-refractivity contribution >= 4 is 0 Å². The Bertz CT molecular complexity index is 677. The highest BCUT2D eigenvalue weighted by Crippen LogP contribution is 2.47. The molecule has 0 saturated carbocycles. The zero-order valence-electron chi connectivity index (χ0n) is 13.7. The Kier molecular flexibility index (Phi) is 4.05. The molecule has 0 bridgehead atoms. The molecule has 0 heterocycles. The minimum atomic E-state index is -0.742. The smallest absolute Gasteiger partial charge is 0.164 e. The van der Waals surface area contributed by atoms with Crippen LogP contribution in [0.3, 0.4) is 0 Å². The van der Waals surface area contributed by atoms with Crippen molar-refractivity contribution in [2.75, 3.05) is 28.4 Å². The predicted octanol–water partition coefficient (Wildman–Crippen LogP) is 2.71. The van der Waals surface area contributed by atoms with Crippen molar-refractivity contribution in [3.63, 3.8) is 0 Å². The monoisotopic (exact) mass is 316 g/mol. The molecule has 5 nitrogen and oxygen atoms in total. The molecule has 5 heteroatoms. The Morgan fingerprint density at radius 3 is 1.52 bits per heavy atom. The minimum Gasteiger partial charge on any atom is -0.493 e. The van der Waals surface area contributed by atoms with Crippen LogP contribution in [0.2, 0.25) is 0 Å². The molecule has 3 rings (SSSR count). The van der Waals surface area contributed by atoms with Crippen LogP contribution >= 0.6 is 0 Å². The molecule has 0 radical (unpaired) electrons. The molecule has 0 unspecified atom stereocenters. The van der Waals surface area contributed by atoms with Crippen LogP contribution in [0.15, 0.2) is 24.3 Å². The summed E-state index contributed by atoms with van der Waals surface area (Å²) in [5.41, 5.74) is 3.45. The van der Waals surface area contributed by atoms with Crippen molar-refractivity contribution < 1.29 is 24.1 Å². The Morgan fingerprint density at radius 1 is 0.739 bits per heavy atom. The number of hydrogen-bond acceptors (Lipinski definition) is 5. The number of methoxy groups -OCH3 is 4. The fourth-order valence-corrected chi connectivity index (χ4v) is 3.23. The van der Waals surface area contributed by atoms with Crippen LogP contribution in [0, 0.1) is 0 Å². The molecule has 1 N–H and O–H groups in total. The van der Waals surface area contributed by atoms with E-state index in [4.69, 9.17) is 18.9 Å². The van der Waals surface area contributed by atoms with Gasteiger partial charge >= 0.3 is 0 Å². The highest BCUT2D eigenvalue weighted by atomic mass is 16.5. The Labute approximate surface area is 135 Å². The maximum atomic E-state index is 10.8. The summed E-state index contributed by atoms with van der Waals surface area (Å²) in [4.78, 5) is 0. The summed E-state index contributed by atoms with van der Waals surface area (Å²) in [6.07, 6.45) is -0.170. The Morgan fingerprint density at radius 2 is 1.17 bits per heavy atom. The lowest BCUT2D eigenvalue weighted by molar-refractivity contribution is 0.212. The second-order valence-electron chi connectivity index (χ2n) is 5.32. The molecule has 2 aromatic carbocycles. The quantitative estimate of drug-likeness (QED) is 0.940. The van der Waals surface area contributed by atoms with E-state index in [1.165, 1.54) is 0 Å². The van der Waals surface area contributed by atoms with Crippen molar-refractivity contribution in [3.05, 3.63) is 46.5 Å². The molecule has 0 aromatic heterocycles. The third-order valence-electron chi connectivity index (χ3n) is 4.31. The predicted molar refractivity (Wildman–Crippen MR) is 86.0 cm³/mol.